The van der Waals surface area contributed by atoms with Gasteiger partial charge in [-0.2, -0.15) is 0 Å². The topological polar surface area (TPSA) is 122 Å². The first-order valence-electron chi connectivity index (χ1n) is 11.1. The fourth-order valence-corrected chi connectivity index (χ4v) is 7.15. The quantitative estimate of drug-likeness (QED) is 0.448. The normalized spacial score (nSPS) is 14.5. The summed E-state index contributed by atoms with van der Waals surface area (Å²) in [6, 6.07) is 14.5. The minimum Gasteiger partial charge on any atom is -0.495 e. The van der Waals surface area contributed by atoms with Crippen LogP contribution in [0.4, 0.5) is 11.4 Å². The van der Waals surface area contributed by atoms with Gasteiger partial charge in [-0.1, -0.05) is 24.3 Å². The Morgan fingerprint density at radius 2 is 1.80 bits per heavy atom. The smallest absolute Gasteiger partial charge is 0.265 e. The molecule has 0 saturated heterocycles. The number of hydrogen-bond donors (Lipinski definition) is 2. The number of carbonyl (C=O) groups is 1. The lowest BCUT2D eigenvalue weighted by Crippen LogP contribution is -2.30. The molecule has 3 aromatic carbocycles. The number of nitrogens with one attached hydrogen (secondary N) is 2. The minimum absolute atomic E-state index is 0.00341. The van der Waals surface area contributed by atoms with Gasteiger partial charge in [-0.15, -0.1) is 0 Å². The number of amides is 1. The van der Waals surface area contributed by atoms with Gasteiger partial charge in [-0.25, -0.2) is 21.6 Å². The Balaban J connectivity index is 1.46. The summed E-state index contributed by atoms with van der Waals surface area (Å²) >= 11 is 0. The fraction of sp³-hybridized carbons (Fsp3) is 0.292. The number of rotatable bonds is 9. The van der Waals surface area contributed by atoms with Gasteiger partial charge in [-0.3, -0.25) is 9.10 Å². The molecular formula is C24H27N3O6S2. The van der Waals surface area contributed by atoms with E-state index < -0.39 is 20.0 Å². The monoisotopic (exact) mass is 517 g/mol. The molecule has 9 nitrogen and oxygen atoms in total. The maximum absolute atomic E-state index is 13.1. The molecular weight excluding hydrogens is 490 g/mol. The SMILES string of the molecule is COc1ccc(S(=O)(=O)NC(C)C)cc1NC(=O)CCCN1c2cccc3cccc(c23)S1(=O)=O. The van der Waals surface area contributed by atoms with E-state index in [4.69, 9.17) is 4.74 Å². The molecule has 11 heteroatoms. The molecule has 0 fully saturated rings. The molecule has 35 heavy (non-hydrogen) atoms. The summed E-state index contributed by atoms with van der Waals surface area (Å²) in [6.07, 6.45) is 0.299. The number of sulfonamides is 2. The highest BCUT2D eigenvalue weighted by Crippen LogP contribution is 2.42. The van der Waals surface area contributed by atoms with E-state index in [-0.39, 0.29) is 46.8 Å². The van der Waals surface area contributed by atoms with Crippen molar-refractivity contribution in [3.05, 3.63) is 54.6 Å². The molecule has 1 heterocycles. The van der Waals surface area contributed by atoms with E-state index >= 15 is 0 Å². The van der Waals surface area contributed by atoms with Crippen LogP contribution in [0.25, 0.3) is 10.8 Å². The summed E-state index contributed by atoms with van der Waals surface area (Å²) in [5, 5.41) is 4.22. The first kappa shape index (κ1) is 25.0. The van der Waals surface area contributed by atoms with Gasteiger partial charge in [0.1, 0.15) is 5.75 Å². The van der Waals surface area contributed by atoms with Gasteiger partial charge in [0, 0.05) is 24.4 Å². The predicted octanol–water partition coefficient (Wildman–Crippen LogP) is 3.46. The molecule has 1 aliphatic heterocycles. The van der Waals surface area contributed by atoms with Crippen molar-refractivity contribution in [1.29, 1.82) is 0 Å². The average molecular weight is 518 g/mol. The summed E-state index contributed by atoms with van der Waals surface area (Å²) < 4.78 is 60.2. The van der Waals surface area contributed by atoms with Crippen LogP contribution < -0.4 is 19.1 Å². The van der Waals surface area contributed by atoms with Gasteiger partial charge in [-0.05, 0) is 56.0 Å². The van der Waals surface area contributed by atoms with Gasteiger partial charge < -0.3 is 10.1 Å². The van der Waals surface area contributed by atoms with Gasteiger partial charge in [0.25, 0.3) is 10.0 Å². The van der Waals surface area contributed by atoms with Crippen LogP contribution in [-0.4, -0.2) is 42.4 Å². The molecule has 4 rings (SSSR count). The van der Waals surface area contributed by atoms with Gasteiger partial charge in [0.05, 0.1) is 28.3 Å². The molecule has 0 aliphatic carbocycles. The van der Waals surface area contributed by atoms with Crippen molar-refractivity contribution in [3.63, 3.8) is 0 Å². The first-order chi connectivity index (χ1) is 16.5. The van der Waals surface area contributed by atoms with E-state index in [2.05, 4.69) is 10.0 Å². The van der Waals surface area contributed by atoms with Crippen LogP contribution in [0.1, 0.15) is 26.7 Å². The highest BCUT2D eigenvalue weighted by Gasteiger charge is 2.35. The van der Waals surface area contributed by atoms with Crippen LogP contribution in [0.3, 0.4) is 0 Å². The number of methoxy groups -OCH3 is 1. The third kappa shape index (κ3) is 4.84. The number of anilines is 2. The molecule has 3 aromatic rings. The van der Waals surface area contributed by atoms with Gasteiger partial charge >= 0.3 is 0 Å². The van der Waals surface area contributed by atoms with Crippen LogP contribution in [0.5, 0.6) is 5.75 Å². The summed E-state index contributed by atoms with van der Waals surface area (Å²) in [5.41, 5.74) is 0.825. The zero-order valence-corrected chi connectivity index (χ0v) is 21.2. The number of benzene rings is 3. The van der Waals surface area contributed by atoms with E-state index in [0.29, 0.717) is 16.8 Å². The minimum atomic E-state index is -3.76. The molecule has 0 bridgehead atoms. The summed E-state index contributed by atoms with van der Waals surface area (Å²) in [6.45, 7) is 3.56. The first-order valence-corrected chi connectivity index (χ1v) is 14.0. The maximum atomic E-state index is 13.1. The van der Waals surface area contributed by atoms with Crippen molar-refractivity contribution >= 4 is 48.1 Å². The lowest BCUT2D eigenvalue weighted by Gasteiger charge is -2.19. The van der Waals surface area contributed by atoms with E-state index in [1.54, 1.807) is 32.0 Å². The van der Waals surface area contributed by atoms with Crippen LogP contribution in [-0.2, 0) is 24.8 Å². The third-order valence-corrected chi connectivity index (χ3v) is 9.10. The fourth-order valence-electron chi connectivity index (χ4n) is 4.13. The Morgan fingerprint density at radius 1 is 1.09 bits per heavy atom. The Morgan fingerprint density at radius 3 is 2.49 bits per heavy atom. The van der Waals surface area contributed by atoms with E-state index in [0.717, 1.165) is 5.39 Å². The second kappa shape index (κ2) is 9.48. The number of carbonyl (C=O) groups excluding carboxylic acids is 1. The van der Waals surface area contributed by atoms with Gasteiger partial charge in [0.15, 0.2) is 0 Å². The number of hydrogen-bond acceptors (Lipinski definition) is 6. The Kier molecular flexibility index (Phi) is 6.76. The zero-order valence-electron chi connectivity index (χ0n) is 19.6. The summed E-state index contributed by atoms with van der Waals surface area (Å²) in [7, 11) is -6.03. The molecule has 0 spiro atoms. The third-order valence-electron chi connectivity index (χ3n) is 5.59. The molecule has 0 unspecified atom stereocenters. The zero-order chi connectivity index (χ0) is 25.4. The number of ether oxygens (including phenoxy) is 1. The van der Waals surface area contributed by atoms with Crippen molar-refractivity contribution in [2.45, 2.75) is 42.5 Å². The van der Waals surface area contributed by atoms with E-state index in [9.17, 15) is 21.6 Å². The summed E-state index contributed by atoms with van der Waals surface area (Å²) in [5.74, 6) is -0.0759. The maximum Gasteiger partial charge on any atom is 0.265 e. The molecule has 1 aliphatic rings. The van der Waals surface area contributed by atoms with Crippen molar-refractivity contribution in [3.8, 4) is 5.75 Å². The van der Waals surface area contributed by atoms with Gasteiger partial charge in [0.2, 0.25) is 15.9 Å². The number of nitrogens with zero attached hydrogens (tertiary/aromatic N) is 1. The predicted molar refractivity (Wildman–Crippen MR) is 135 cm³/mol. The molecule has 2 N–H and O–H groups in total. The van der Waals surface area contributed by atoms with Crippen LogP contribution >= 0.6 is 0 Å². The van der Waals surface area contributed by atoms with Crippen LogP contribution in [0, 0.1) is 0 Å². The van der Waals surface area contributed by atoms with Crippen molar-refractivity contribution < 1.29 is 26.4 Å². The Bertz CT molecular complexity index is 1500. The highest BCUT2D eigenvalue weighted by atomic mass is 32.2. The lowest BCUT2D eigenvalue weighted by molar-refractivity contribution is -0.116. The Hall–Kier alpha value is -3.15. The largest absolute Gasteiger partial charge is 0.495 e. The molecule has 186 valence electrons. The van der Waals surface area contributed by atoms with E-state index in [1.807, 2.05) is 18.2 Å². The van der Waals surface area contributed by atoms with Crippen molar-refractivity contribution in [2.24, 2.45) is 0 Å². The van der Waals surface area contributed by atoms with Crippen molar-refractivity contribution in [1.82, 2.24) is 4.72 Å². The molecule has 0 aromatic heterocycles. The molecule has 0 radical (unpaired) electrons. The van der Waals surface area contributed by atoms with E-state index in [1.165, 1.54) is 29.6 Å². The summed E-state index contributed by atoms with van der Waals surface area (Å²) in [4.78, 5) is 12.9. The van der Waals surface area contributed by atoms with Crippen LogP contribution in [0.2, 0.25) is 0 Å². The molecule has 0 saturated carbocycles. The second-order valence-electron chi connectivity index (χ2n) is 8.50. The highest BCUT2D eigenvalue weighted by molar-refractivity contribution is 7.93. The second-order valence-corrected chi connectivity index (χ2v) is 12.0. The lowest BCUT2D eigenvalue weighted by atomic mass is 10.1. The molecule has 0 atom stereocenters. The average Bonchev–Trinajstić information content (AvgIpc) is 3.01. The Labute approximate surface area is 205 Å². The molecule has 1 amide bonds. The van der Waals surface area contributed by atoms with Crippen LogP contribution in [0.15, 0.2) is 64.4 Å². The standard InChI is InChI=1S/C24H27N3O6S2/c1-16(2)26-34(29,30)18-12-13-21(33-3)19(15-18)25-23(28)11-6-14-27-20-9-4-7-17-8-5-10-22(24(17)20)35(27,31)32/h4-5,7-10,12-13,15-16,26H,6,11,14H2,1-3H3,(H,25,28). The van der Waals surface area contributed by atoms with Crippen molar-refractivity contribution in [2.75, 3.05) is 23.3 Å².